The molecule has 6 nitrogen and oxygen atoms in total. The predicted octanol–water partition coefficient (Wildman–Crippen LogP) is 0.545. The minimum absolute atomic E-state index is 0.181. The lowest BCUT2D eigenvalue weighted by Crippen LogP contribution is -2.32. The first-order valence-corrected chi connectivity index (χ1v) is 5.10. The second-order valence-electron chi connectivity index (χ2n) is 3.59. The van der Waals surface area contributed by atoms with Crippen molar-refractivity contribution in [3.63, 3.8) is 0 Å². The SMILES string of the molecule is COCO.O=C(O)C1CCCCC1C(=O)O. The number of rotatable bonds is 3. The highest BCUT2D eigenvalue weighted by molar-refractivity contribution is 5.80. The summed E-state index contributed by atoms with van der Waals surface area (Å²) in [5, 5.41) is 25.0. The minimum atomic E-state index is -0.970. The third-order valence-corrected chi connectivity index (χ3v) is 2.53. The summed E-state index contributed by atoms with van der Waals surface area (Å²) in [6.45, 7) is -0.181. The fourth-order valence-corrected chi connectivity index (χ4v) is 1.72. The summed E-state index contributed by atoms with van der Waals surface area (Å²) in [5.74, 6) is -3.28. The van der Waals surface area contributed by atoms with E-state index in [1.807, 2.05) is 0 Å². The van der Waals surface area contributed by atoms with Crippen molar-refractivity contribution in [3.05, 3.63) is 0 Å². The number of carboxylic acids is 2. The van der Waals surface area contributed by atoms with Gasteiger partial charge in [-0.25, -0.2) is 0 Å². The Hall–Kier alpha value is -1.14. The Morgan fingerprint density at radius 2 is 1.44 bits per heavy atom. The zero-order chi connectivity index (χ0) is 12.6. The topological polar surface area (TPSA) is 104 Å². The maximum absolute atomic E-state index is 10.6. The van der Waals surface area contributed by atoms with E-state index in [4.69, 9.17) is 15.3 Å². The Morgan fingerprint density at radius 3 is 1.62 bits per heavy atom. The number of methoxy groups -OCH3 is 1. The highest BCUT2D eigenvalue weighted by atomic mass is 16.6. The Balaban J connectivity index is 0.000000487. The van der Waals surface area contributed by atoms with Gasteiger partial charge in [-0.2, -0.15) is 0 Å². The van der Waals surface area contributed by atoms with Crippen molar-refractivity contribution in [1.82, 2.24) is 0 Å². The Labute approximate surface area is 93.8 Å². The van der Waals surface area contributed by atoms with Gasteiger partial charge in [-0.15, -0.1) is 0 Å². The minimum Gasteiger partial charge on any atom is -0.481 e. The molecule has 0 saturated heterocycles. The molecule has 0 bridgehead atoms. The Kier molecular flexibility index (Phi) is 7.49. The average Bonchev–Trinajstić information content (AvgIpc) is 2.29. The highest BCUT2D eigenvalue weighted by Gasteiger charge is 2.35. The van der Waals surface area contributed by atoms with E-state index in [0.29, 0.717) is 12.8 Å². The maximum Gasteiger partial charge on any atom is 0.307 e. The van der Waals surface area contributed by atoms with Crippen LogP contribution in [0.5, 0.6) is 0 Å². The highest BCUT2D eigenvalue weighted by Crippen LogP contribution is 2.30. The van der Waals surface area contributed by atoms with E-state index in [1.54, 1.807) is 0 Å². The lowest BCUT2D eigenvalue weighted by molar-refractivity contribution is -0.155. The van der Waals surface area contributed by atoms with E-state index in [-0.39, 0.29) is 6.79 Å². The number of ether oxygens (including phenoxy) is 1. The van der Waals surface area contributed by atoms with Gasteiger partial charge in [0.2, 0.25) is 0 Å². The van der Waals surface area contributed by atoms with Crippen LogP contribution in [0.25, 0.3) is 0 Å². The van der Waals surface area contributed by atoms with Crippen molar-refractivity contribution in [1.29, 1.82) is 0 Å². The molecule has 1 rings (SSSR count). The average molecular weight is 234 g/mol. The summed E-state index contributed by atoms with van der Waals surface area (Å²) in [5.41, 5.74) is 0. The fraction of sp³-hybridized carbons (Fsp3) is 0.800. The largest absolute Gasteiger partial charge is 0.481 e. The number of hydrogen-bond donors (Lipinski definition) is 3. The zero-order valence-corrected chi connectivity index (χ0v) is 9.26. The van der Waals surface area contributed by atoms with Gasteiger partial charge < -0.3 is 20.1 Å². The molecule has 0 spiro atoms. The van der Waals surface area contributed by atoms with Crippen LogP contribution in [0.3, 0.4) is 0 Å². The molecule has 6 heteroatoms. The van der Waals surface area contributed by atoms with Crippen molar-refractivity contribution in [2.75, 3.05) is 13.9 Å². The predicted molar refractivity (Wildman–Crippen MR) is 54.8 cm³/mol. The number of carboxylic acid groups (broad SMARTS) is 2. The molecule has 0 aromatic heterocycles. The summed E-state index contributed by atoms with van der Waals surface area (Å²) in [4.78, 5) is 21.2. The first kappa shape index (κ1) is 14.9. The molecule has 94 valence electrons. The summed E-state index contributed by atoms with van der Waals surface area (Å²) in [7, 11) is 1.43. The molecule has 0 aromatic carbocycles. The van der Waals surface area contributed by atoms with E-state index in [1.165, 1.54) is 7.11 Å². The van der Waals surface area contributed by atoms with Crippen LogP contribution in [-0.4, -0.2) is 41.2 Å². The molecule has 2 atom stereocenters. The summed E-state index contributed by atoms with van der Waals surface area (Å²) in [6, 6.07) is 0. The van der Waals surface area contributed by atoms with Crippen molar-refractivity contribution in [2.45, 2.75) is 25.7 Å². The molecule has 1 saturated carbocycles. The number of aliphatic hydroxyl groups excluding tert-OH is 1. The number of aliphatic hydroxyl groups is 1. The van der Waals surface area contributed by atoms with Crippen LogP contribution >= 0.6 is 0 Å². The standard InChI is InChI=1S/C8H12O4.C2H6O2/c9-7(10)5-3-1-2-4-6(5)8(11)12;1-4-2-3/h5-6H,1-4H2,(H,9,10)(H,11,12);3H,2H2,1H3. The van der Waals surface area contributed by atoms with Crippen LogP contribution in [-0.2, 0) is 14.3 Å². The van der Waals surface area contributed by atoms with Gasteiger partial charge in [0.05, 0.1) is 11.8 Å². The molecule has 1 fully saturated rings. The molecule has 0 radical (unpaired) electrons. The third kappa shape index (κ3) is 5.09. The van der Waals surface area contributed by atoms with Crippen LogP contribution < -0.4 is 0 Å². The molecule has 1 aliphatic rings. The van der Waals surface area contributed by atoms with Crippen molar-refractivity contribution in [2.24, 2.45) is 11.8 Å². The molecule has 1 aliphatic carbocycles. The first-order chi connectivity index (χ1) is 7.54. The smallest absolute Gasteiger partial charge is 0.307 e. The summed E-state index contributed by atoms with van der Waals surface area (Å²) < 4.78 is 4.10. The van der Waals surface area contributed by atoms with Gasteiger partial charge in [0.1, 0.15) is 6.79 Å². The molecule has 0 aliphatic heterocycles. The molecular weight excluding hydrogens is 216 g/mol. The van der Waals surface area contributed by atoms with Gasteiger partial charge in [0.25, 0.3) is 0 Å². The summed E-state index contributed by atoms with van der Waals surface area (Å²) in [6.07, 6.45) is 2.68. The van der Waals surface area contributed by atoms with Crippen molar-refractivity contribution in [3.8, 4) is 0 Å². The number of hydrogen-bond acceptors (Lipinski definition) is 4. The molecule has 0 amide bonds. The van der Waals surface area contributed by atoms with E-state index in [0.717, 1.165) is 12.8 Å². The van der Waals surface area contributed by atoms with E-state index < -0.39 is 23.8 Å². The van der Waals surface area contributed by atoms with Crippen LogP contribution in [0, 0.1) is 11.8 Å². The van der Waals surface area contributed by atoms with Gasteiger partial charge in [0.15, 0.2) is 0 Å². The van der Waals surface area contributed by atoms with Gasteiger partial charge in [-0.1, -0.05) is 12.8 Å². The van der Waals surface area contributed by atoms with Crippen LogP contribution in [0.15, 0.2) is 0 Å². The van der Waals surface area contributed by atoms with E-state index >= 15 is 0 Å². The fourth-order valence-electron chi connectivity index (χ4n) is 1.72. The van der Waals surface area contributed by atoms with Crippen LogP contribution in [0.4, 0.5) is 0 Å². The number of carbonyl (C=O) groups is 2. The zero-order valence-electron chi connectivity index (χ0n) is 9.26. The Morgan fingerprint density at radius 1 is 1.12 bits per heavy atom. The second-order valence-corrected chi connectivity index (χ2v) is 3.59. The van der Waals surface area contributed by atoms with Gasteiger partial charge in [-0.3, -0.25) is 9.59 Å². The quantitative estimate of drug-likeness (QED) is 0.616. The lowest BCUT2D eigenvalue weighted by atomic mass is 9.79. The number of aliphatic carboxylic acids is 2. The molecule has 2 unspecified atom stereocenters. The monoisotopic (exact) mass is 234 g/mol. The van der Waals surface area contributed by atoms with Crippen molar-refractivity contribution < 1.29 is 29.6 Å². The Bertz CT molecular complexity index is 203. The van der Waals surface area contributed by atoms with Gasteiger partial charge in [0, 0.05) is 7.11 Å². The lowest BCUT2D eigenvalue weighted by Gasteiger charge is -2.24. The normalized spacial score (nSPS) is 24.1. The van der Waals surface area contributed by atoms with E-state index in [9.17, 15) is 9.59 Å². The second kappa shape index (κ2) is 8.06. The van der Waals surface area contributed by atoms with Crippen LogP contribution in [0.1, 0.15) is 25.7 Å². The van der Waals surface area contributed by atoms with E-state index in [2.05, 4.69) is 4.74 Å². The molecule has 0 aromatic rings. The molecule has 16 heavy (non-hydrogen) atoms. The first-order valence-electron chi connectivity index (χ1n) is 5.10. The van der Waals surface area contributed by atoms with Crippen molar-refractivity contribution >= 4 is 11.9 Å². The van der Waals surface area contributed by atoms with Gasteiger partial charge in [-0.05, 0) is 12.8 Å². The van der Waals surface area contributed by atoms with Crippen LogP contribution in [0.2, 0.25) is 0 Å². The molecule has 0 heterocycles. The molecule has 3 N–H and O–H groups in total. The molecular formula is C10H18O6. The maximum atomic E-state index is 10.6. The summed E-state index contributed by atoms with van der Waals surface area (Å²) >= 11 is 0. The third-order valence-electron chi connectivity index (χ3n) is 2.53. The van der Waals surface area contributed by atoms with Gasteiger partial charge >= 0.3 is 11.9 Å².